The fourth-order valence-electron chi connectivity index (χ4n) is 3.33. The molecule has 0 radical (unpaired) electrons. The number of hydrogen-bond donors (Lipinski definition) is 2. The molecule has 1 atom stereocenters. The molecule has 0 fully saturated rings. The van der Waals surface area contributed by atoms with Crippen LogP contribution in [-0.4, -0.2) is 32.3 Å². The molecule has 0 saturated heterocycles. The van der Waals surface area contributed by atoms with Gasteiger partial charge < -0.3 is 15.2 Å². The summed E-state index contributed by atoms with van der Waals surface area (Å²) in [5, 5.41) is 14.9. The lowest BCUT2D eigenvalue weighted by atomic mass is 10.0. The van der Waals surface area contributed by atoms with Gasteiger partial charge in [0.05, 0.1) is 28.1 Å². The Morgan fingerprint density at radius 1 is 1.22 bits per heavy atom. The van der Waals surface area contributed by atoms with Crippen molar-refractivity contribution >= 4 is 68.4 Å². The van der Waals surface area contributed by atoms with Crippen molar-refractivity contribution in [2.24, 2.45) is 5.92 Å². The van der Waals surface area contributed by atoms with Gasteiger partial charge in [-0.05, 0) is 46.1 Å². The topological polar surface area (TPSA) is 88.9 Å². The number of nitrogens with zero attached hydrogens (tertiary/aromatic N) is 3. The molecular weight excluding hydrogens is 611 g/mol. The first-order chi connectivity index (χ1) is 17.5. The van der Waals surface area contributed by atoms with Gasteiger partial charge in [-0.2, -0.15) is 0 Å². The number of amides is 2. The third-order valence-corrected chi connectivity index (χ3v) is 7.21. The summed E-state index contributed by atoms with van der Waals surface area (Å²) < 4.78 is 29.2. The van der Waals surface area contributed by atoms with E-state index in [4.69, 9.17) is 23.2 Å². The molecule has 0 unspecified atom stereocenters. The Hall–Kier alpha value is -2.47. The summed E-state index contributed by atoms with van der Waals surface area (Å²) in [5.74, 6) is -2.36. The second kappa shape index (κ2) is 12.9. The molecule has 37 heavy (non-hydrogen) atoms. The highest BCUT2D eigenvalue weighted by Gasteiger charge is 2.27. The lowest BCUT2D eigenvalue weighted by molar-refractivity contribution is -0.113. The number of halogens is 5. The molecule has 13 heteroatoms. The van der Waals surface area contributed by atoms with Crippen molar-refractivity contribution in [3.8, 4) is 0 Å². The highest BCUT2D eigenvalue weighted by molar-refractivity contribution is 9.10. The molecule has 1 aromatic heterocycles. The Labute approximate surface area is 235 Å². The molecule has 0 aliphatic rings. The van der Waals surface area contributed by atoms with Crippen molar-refractivity contribution in [3.05, 3.63) is 80.5 Å². The van der Waals surface area contributed by atoms with Crippen molar-refractivity contribution in [2.45, 2.75) is 31.6 Å². The van der Waals surface area contributed by atoms with Crippen LogP contribution in [0.15, 0.2) is 52.6 Å². The Bertz CT molecular complexity index is 1320. The molecule has 2 N–H and O–H groups in total. The van der Waals surface area contributed by atoms with Crippen LogP contribution in [0.5, 0.6) is 0 Å². The molecule has 0 spiro atoms. The lowest BCUT2D eigenvalue weighted by Crippen LogP contribution is -2.34. The Morgan fingerprint density at radius 2 is 1.95 bits per heavy atom. The summed E-state index contributed by atoms with van der Waals surface area (Å²) in [6.45, 7) is 7.91. The molecule has 0 saturated carbocycles. The largest absolute Gasteiger partial charge is 0.342 e. The fraction of sp³-hybridized carbons (Fsp3) is 0.250. The van der Waals surface area contributed by atoms with E-state index in [1.807, 2.05) is 13.8 Å². The molecule has 1 heterocycles. The quantitative estimate of drug-likeness (QED) is 0.193. The second-order valence-corrected chi connectivity index (χ2v) is 10.8. The zero-order valence-corrected chi connectivity index (χ0v) is 23.6. The van der Waals surface area contributed by atoms with Crippen molar-refractivity contribution < 1.29 is 18.4 Å². The zero-order chi connectivity index (χ0) is 27.3. The van der Waals surface area contributed by atoms with Crippen LogP contribution in [0.25, 0.3) is 0 Å². The third-order valence-electron chi connectivity index (χ3n) is 5.07. The molecule has 3 aromatic rings. The minimum absolute atomic E-state index is 0.0803. The van der Waals surface area contributed by atoms with Crippen LogP contribution in [0.4, 0.5) is 14.5 Å². The van der Waals surface area contributed by atoms with Gasteiger partial charge in [0.2, 0.25) is 5.91 Å². The van der Waals surface area contributed by atoms with E-state index < -0.39 is 29.5 Å². The number of carbonyl (C=O) groups excluding carboxylic acids is 2. The van der Waals surface area contributed by atoms with Gasteiger partial charge in [0.1, 0.15) is 5.82 Å². The number of thioether (sulfide) groups is 1. The predicted octanol–water partition coefficient (Wildman–Crippen LogP) is 6.67. The Balaban J connectivity index is 1.78. The number of aromatic nitrogens is 3. The zero-order valence-electron chi connectivity index (χ0n) is 19.7. The first-order valence-electron chi connectivity index (χ1n) is 10.9. The van der Waals surface area contributed by atoms with Crippen LogP contribution in [0.2, 0.25) is 10.0 Å². The molecule has 2 amide bonds. The van der Waals surface area contributed by atoms with Crippen molar-refractivity contribution in [1.82, 2.24) is 20.1 Å². The minimum atomic E-state index is -0.904. The van der Waals surface area contributed by atoms with Gasteiger partial charge >= 0.3 is 0 Å². The highest BCUT2D eigenvalue weighted by atomic mass is 79.9. The summed E-state index contributed by atoms with van der Waals surface area (Å²) in [6, 6.07) is 5.78. The van der Waals surface area contributed by atoms with Crippen LogP contribution >= 0.6 is 50.9 Å². The van der Waals surface area contributed by atoms with E-state index in [1.165, 1.54) is 12.1 Å². The van der Waals surface area contributed by atoms with E-state index in [9.17, 15) is 18.4 Å². The fourth-order valence-corrected chi connectivity index (χ4v) is 5.08. The normalized spacial score (nSPS) is 11.9. The van der Waals surface area contributed by atoms with E-state index in [-0.39, 0.29) is 32.4 Å². The first-order valence-corrected chi connectivity index (χ1v) is 13.4. The van der Waals surface area contributed by atoms with Gasteiger partial charge in [0, 0.05) is 22.1 Å². The van der Waals surface area contributed by atoms with E-state index in [0.29, 0.717) is 28.6 Å². The standard InChI is InChI=1S/C24H22BrCl2F2N5O2S/c1-4-7-34-22(20(12(2)3)31-23(36)15-6-5-13(26)8-17(15)27)32-33-24(34)37-11-19(35)30-21-16(25)9-14(28)10-18(21)29/h4-6,8-10,12,20H,1,7,11H2,2-3H3,(H,30,35)(H,31,36)/t20-/m0/s1. The van der Waals surface area contributed by atoms with Crippen LogP contribution in [0.3, 0.4) is 0 Å². The average molecular weight is 633 g/mol. The van der Waals surface area contributed by atoms with Gasteiger partial charge in [-0.25, -0.2) is 8.78 Å². The van der Waals surface area contributed by atoms with Crippen LogP contribution in [0, 0.1) is 17.6 Å². The van der Waals surface area contributed by atoms with Crippen LogP contribution < -0.4 is 10.6 Å². The number of hydrogen-bond acceptors (Lipinski definition) is 5. The SMILES string of the molecule is C=CCn1c(SCC(=O)Nc2c(F)cc(F)cc2Br)nnc1[C@@H](NC(=O)c1ccc(Cl)cc1Cl)C(C)C. The molecule has 0 aliphatic carbocycles. The second-order valence-electron chi connectivity index (χ2n) is 8.14. The third kappa shape index (κ3) is 7.31. The van der Waals surface area contributed by atoms with E-state index in [1.54, 1.807) is 16.7 Å². The van der Waals surface area contributed by atoms with Gasteiger partial charge in [0.15, 0.2) is 16.8 Å². The van der Waals surface area contributed by atoms with E-state index in [2.05, 4.69) is 43.3 Å². The smallest absolute Gasteiger partial charge is 0.253 e. The Morgan fingerprint density at radius 3 is 2.57 bits per heavy atom. The molecule has 196 valence electrons. The van der Waals surface area contributed by atoms with Gasteiger partial charge in [-0.1, -0.05) is 54.9 Å². The molecule has 7 nitrogen and oxygen atoms in total. The summed E-state index contributed by atoms with van der Waals surface area (Å²) in [5.41, 5.74) is 0.0978. The predicted molar refractivity (Wildman–Crippen MR) is 145 cm³/mol. The maximum Gasteiger partial charge on any atom is 0.253 e. The molecule has 0 bridgehead atoms. The average Bonchev–Trinajstić information content (AvgIpc) is 3.20. The summed E-state index contributed by atoms with van der Waals surface area (Å²) in [6.07, 6.45) is 1.64. The number of nitrogens with one attached hydrogen (secondary N) is 2. The van der Waals surface area contributed by atoms with Crippen molar-refractivity contribution in [1.29, 1.82) is 0 Å². The number of anilines is 1. The maximum absolute atomic E-state index is 14.1. The van der Waals surface area contributed by atoms with E-state index in [0.717, 1.165) is 17.8 Å². The van der Waals surface area contributed by atoms with Gasteiger partial charge in [0.25, 0.3) is 5.91 Å². The minimum Gasteiger partial charge on any atom is -0.342 e. The Kier molecular flexibility index (Phi) is 10.1. The monoisotopic (exact) mass is 631 g/mol. The maximum atomic E-state index is 14.1. The number of allylic oxidation sites excluding steroid dienone is 1. The van der Waals surface area contributed by atoms with Crippen molar-refractivity contribution in [3.63, 3.8) is 0 Å². The molecule has 3 rings (SSSR count). The van der Waals surface area contributed by atoms with Crippen molar-refractivity contribution in [2.75, 3.05) is 11.1 Å². The highest BCUT2D eigenvalue weighted by Crippen LogP contribution is 2.29. The van der Waals surface area contributed by atoms with Crippen LogP contribution in [0.1, 0.15) is 36.1 Å². The number of rotatable bonds is 10. The van der Waals surface area contributed by atoms with Gasteiger partial charge in [-0.3, -0.25) is 9.59 Å². The first kappa shape index (κ1) is 29.1. The summed E-state index contributed by atoms with van der Waals surface area (Å²) in [4.78, 5) is 25.5. The molecule has 0 aliphatic heterocycles. The summed E-state index contributed by atoms with van der Waals surface area (Å²) in [7, 11) is 0. The van der Waals surface area contributed by atoms with Gasteiger partial charge in [-0.15, -0.1) is 16.8 Å². The number of benzene rings is 2. The summed E-state index contributed by atoms with van der Waals surface area (Å²) >= 11 is 16.2. The molecule has 2 aromatic carbocycles. The van der Waals surface area contributed by atoms with E-state index >= 15 is 0 Å². The number of carbonyl (C=O) groups is 2. The lowest BCUT2D eigenvalue weighted by Gasteiger charge is -2.23. The molecular formula is C24H22BrCl2F2N5O2S. The van der Waals surface area contributed by atoms with Crippen LogP contribution in [-0.2, 0) is 11.3 Å².